The van der Waals surface area contributed by atoms with Crippen molar-refractivity contribution in [2.45, 2.75) is 46.8 Å². The Kier molecular flexibility index (Phi) is 6.37. The number of nitrogens with one attached hydrogen (secondary N) is 1. The molecule has 124 valence electrons. The molecule has 0 aliphatic heterocycles. The van der Waals surface area contributed by atoms with Crippen LogP contribution in [-0.2, 0) is 13.1 Å². The number of carbonyl (C=O) groups excluding carboxylic acids is 1. The molecule has 0 radical (unpaired) electrons. The van der Waals surface area contributed by atoms with Gasteiger partial charge >= 0.3 is 0 Å². The van der Waals surface area contributed by atoms with Crippen LogP contribution in [0.15, 0.2) is 35.7 Å². The first-order chi connectivity index (χ1) is 11.0. The Labute approximate surface area is 143 Å². The minimum Gasteiger partial charge on any atom is -0.347 e. The third-order valence-electron chi connectivity index (χ3n) is 4.12. The van der Waals surface area contributed by atoms with Gasteiger partial charge in [0.25, 0.3) is 5.91 Å². The standard InChI is InChI=1S/C19H26N2OS/c1-5-21(14(2)3)13-16-6-8-17(9-7-16)19(22)20-12-18-15(4)10-11-23-18/h6-11,14H,5,12-13H2,1-4H3,(H,20,22). The van der Waals surface area contributed by atoms with Crippen molar-refractivity contribution in [3.05, 3.63) is 57.3 Å². The van der Waals surface area contributed by atoms with E-state index in [1.807, 2.05) is 12.1 Å². The van der Waals surface area contributed by atoms with Crippen LogP contribution in [0.4, 0.5) is 0 Å². The number of hydrogen-bond donors (Lipinski definition) is 1. The number of benzene rings is 1. The van der Waals surface area contributed by atoms with E-state index in [0.717, 1.165) is 18.7 Å². The number of hydrogen-bond acceptors (Lipinski definition) is 3. The lowest BCUT2D eigenvalue weighted by atomic mass is 10.1. The smallest absolute Gasteiger partial charge is 0.251 e. The first kappa shape index (κ1) is 17.7. The Balaban J connectivity index is 1.93. The zero-order valence-corrected chi connectivity index (χ0v) is 15.2. The summed E-state index contributed by atoms with van der Waals surface area (Å²) >= 11 is 1.68. The van der Waals surface area contributed by atoms with Crippen LogP contribution in [0.3, 0.4) is 0 Å². The normalized spacial score (nSPS) is 11.2. The zero-order valence-electron chi connectivity index (χ0n) is 14.4. The average Bonchev–Trinajstić information content (AvgIpc) is 2.95. The van der Waals surface area contributed by atoms with Crippen molar-refractivity contribution in [1.29, 1.82) is 0 Å². The fourth-order valence-corrected chi connectivity index (χ4v) is 3.35. The first-order valence-corrected chi connectivity index (χ1v) is 9.03. The van der Waals surface area contributed by atoms with Gasteiger partial charge in [0, 0.05) is 23.0 Å². The molecule has 0 fully saturated rings. The van der Waals surface area contributed by atoms with Crippen LogP contribution in [0, 0.1) is 6.92 Å². The number of rotatable bonds is 7. The first-order valence-electron chi connectivity index (χ1n) is 8.15. The summed E-state index contributed by atoms with van der Waals surface area (Å²) in [6.07, 6.45) is 0. The molecule has 3 nitrogen and oxygen atoms in total. The van der Waals surface area contributed by atoms with Gasteiger partial charge in [-0.1, -0.05) is 19.1 Å². The van der Waals surface area contributed by atoms with E-state index in [-0.39, 0.29) is 5.91 Å². The minimum absolute atomic E-state index is 0.0134. The van der Waals surface area contributed by atoms with Gasteiger partial charge in [-0.3, -0.25) is 9.69 Å². The SMILES string of the molecule is CCN(Cc1ccc(C(=O)NCc2sccc2C)cc1)C(C)C. The monoisotopic (exact) mass is 330 g/mol. The second kappa shape index (κ2) is 8.27. The summed E-state index contributed by atoms with van der Waals surface area (Å²) in [5.74, 6) is -0.0134. The topological polar surface area (TPSA) is 32.3 Å². The van der Waals surface area contributed by atoms with E-state index in [4.69, 9.17) is 0 Å². The largest absolute Gasteiger partial charge is 0.347 e. The van der Waals surface area contributed by atoms with Gasteiger partial charge < -0.3 is 5.32 Å². The van der Waals surface area contributed by atoms with Crippen LogP contribution in [0.1, 0.15) is 47.1 Å². The van der Waals surface area contributed by atoms with E-state index >= 15 is 0 Å². The summed E-state index contributed by atoms with van der Waals surface area (Å²) in [6, 6.07) is 10.5. The molecule has 1 heterocycles. The van der Waals surface area contributed by atoms with E-state index in [1.165, 1.54) is 16.0 Å². The molecule has 0 bridgehead atoms. The molecule has 0 saturated heterocycles. The Morgan fingerprint density at radius 1 is 1.22 bits per heavy atom. The number of carbonyl (C=O) groups is 1. The average molecular weight is 330 g/mol. The summed E-state index contributed by atoms with van der Waals surface area (Å²) in [6.45, 7) is 11.2. The molecule has 2 aromatic rings. The quantitative estimate of drug-likeness (QED) is 0.824. The summed E-state index contributed by atoms with van der Waals surface area (Å²) < 4.78 is 0. The summed E-state index contributed by atoms with van der Waals surface area (Å²) in [5.41, 5.74) is 3.20. The molecule has 1 aromatic carbocycles. The molecule has 1 aromatic heterocycles. The van der Waals surface area contributed by atoms with Crippen molar-refractivity contribution in [3.63, 3.8) is 0 Å². The molecule has 0 aliphatic carbocycles. The Bertz CT molecular complexity index is 631. The number of amides is 1. The highest BCUT2D eigenvalue weighted by Gasteiger charge is 2.10. The van der Waals surface area contributed by atoms with E-state index in [2.05, 4.69) is 61.5 Å². The summed E-state index contributed by atoms with van der Waals surface area (Å²) in [7, 11) is 0. The summed E-state index contributed by atoms with van der Waals surface area (Å²) in [4.78, 5) is 15.8. The van der Waals surface area contributed by atoms with Crippen LogP contribution in [0.5, 0.6) is 0 Å². The van der Waals surface area contributed by atoms with E-state index in [1.54, 1.807) is 11.3 Å². The molecule has 0 spiro atoms. The van der Waals surface area contributed by atoms with Crippen molar-refractivity contribution >= 4 is 17.2 Å². The van der Waals surface area contributed by atoms with Crippen molar-refractivity contribution < 1.29 is 4.79 Å². The maximum atomic E-state index is 12.2. The second-order valence-electron chi connectivity index (χ2n) is 6.06. The molecule has 0 unspecified atom stereocenters. The number of nitrogens with zero attached hydrogens (tertiary/aromatic N) is 1. The van der Waals surface area contributed by atoms with Crippen LogP contribution in [0.2, 0.25) is 0 Å². The number of thiophene rings is 1. The van der Waals surface area contributed by atoms with E-state index < -0.39 is 0 Å². The Hall–Kier alpha value is -1.65. The highest BCUT2D eigenvalue weighted by molar-refractivity contribution is 7.10. The number of aryl methyl sites for hydroxylation is 1. The van der Waals surface area contributed by atoms with Gasteiger partial charge in [0.2, 0.25) is 0 Å². The molecule has 1 N–H and O–H groups in total. The molecule has 0 saturated carbocycles. The zero-order chi connectivity index (χ0) is 16.8. The third kappa shape index (κ3) is 4.91. The van der Waals surface area contributed by atoms with Gasteiger partial charge in [-0.2, -0.15) is 0 Å². The summed E-state index contributed by atoms with van der Waals surface area (Å²) in [5, 5.41) is 5.05. The molecular weight excluding hydrogens is 304 g/mol. The van der Waals surface area contributed by atoms with Crippen LogP contribution in [-0.4, -0.2) is 23.4 Å². The van der Waals surface area contributed by atoms with Gasteiger partial charge in [-0.15, -0.1) is 11.3 Å². The second-order valence-corrected chi connectivity index (χ2v) is 7.06. The van der Waals surface area contributed by atoms with Crippen molar-refractivity contribution in [2.24, 2.45) is 0 Å². The van der Waals surface area contributed by atoms with Crippen molar-refractivity contribution in [3.8, 4) is 0 Å². The van der Waals surface area contributed by atoms with Crippen LogP contribution in [0.25, 0.3) is 0 Å². The van der Waals surface area contributed by atoms with Gasteiger partial charge in [-0.25, -0.2) is 0 Å². The lowest BCUT2D eigenvalue weighted by Gasteiger charge is -2.24. The van der Waals surface area contributed by atoms with Crippen LogP contribution < -0.4 is 5.32 Å². The maximum absolute atomic E-state index is 12.2. The highest BCUT2D eigenvalue weighted by atomic mass is 32.1. The lowest BCUT2D eigenvalue weighted by Crippen LogP contribution is -2.30. The third-order valence-corrected chi connectivity index (χ3v) is 5.14. The van der Waals surface area contributed by atoms with E-state index in [9.17, 15) is 4.79 Å². The molecule has 4 heteroatoms. The lowest BCUT2D eigenvalue weighted by molar-refractivity contribution is 0.0951. The molecular formula is C19H26N2OS. The highest BCUT2D eigenvalue weighted by Crippen LogP contribution is 2.15. The molecule has 2 rings (SSSR count). The van der Waals surface area contributed by atoms with Crippen LogP contribution >= 0.6 is 11.3 Å². The van der Waals surface area contributed by atoms with E-state index in [0.29, 0.717) is 12.6 Å². The predicted molar refractivity (Wildman–Crippen MR) is 97.9 cm³/mol. The molecule has 23 heavy (non-hydrogen) atoms. The maximum Gasteiger partial charge on any atom is 0.251 e. The molecule has 0 aliphatic rings. The Morgan fingerprint density at radius 3 is 2.43 bits per heavy atom. The van der Waals surface area contributed by atoms with Crippen molar-refractivity contribution in [2.75, 3.05) is 6.54 Å². The molecule has 0 atom stereocenters. The minimum atomic E-state index is -0.0134. The fourth-order valence-electron chi connectivity index (χ4n) is 2.50. The fraction of sp³-hybridized carbons (Fsp3) is 0.421. The van der Waals surface area contributed by atoms with Gasteiger partial charge in [0.1, 0.15) is 0 Å². The van der Waals surface area contributed by atoms with Crippen molar-refractivity contribution in [1.82, 2.24) is 10.2 Å². The van der Waals surface area contributed by atoms with Gasteiger partial charge in [0.05, 0.1) is 6.54 Å². The molecule has 1 amide bonds. The van der Waals surface area contributed by atoms with Gasteiger partial charge in [-0.05, 0) is 62.0 Å². The van der Waals surface area contributed by atoms with Gasteiger partial charge in [0.15, 0.2) is 0 Å². The predicted octanol–water partition coefficient (Wildman–Crippen LogP) is 4.22. The Morgan fingerprint density at radius 2 is 1.91 bits per heavy atom.